The van der Waals surface area contributed by atoms with E-state index in [0.717, 1.165) is 17.0 Å². The van der Waals surface area contributed by atoms with Crippen LogP contribution in [-0.4, -0.2) is 29.6 Å². The van der Waals surface area contributed by atoms with Gasteiger partial charge in [0.05, 0.1) is 15.5 Å². The maximum absolute atomic E-state index is 13.0. The molecule has 92 valence electrons. The molecule has 1 N–H and O–H groups in total. The maximum atomic E-state index is 13.0. The molecule has 0 aromatic heterocycles. The van der Waals surface area contributed by atoms with Crippen molar-refractivity contribution in [3.8, 4) is 0 Å². The number of nitro benzene ring substituents is 1. The average molecular weight is 307 g/mol. The normalized spacial score (nSPS) is 10.1. The summed E-state index contributed by atoms with van der Waals surface area (Å²) >= 11 is 2.98. The van der Waals surface area contributed by atoms with E-state index in [4.69, 9.17) is 5.11 Å². The molecule has 0 saturated heterocycles. The van der Waals surface area contributed by atoms with Crippen LogP contribution in [0.1, 0.15) is 0 Å². The molecule has 1 aromatic rings. The molecule has 0 aliphatic heterocycles. The lowest BCUT2D eigenvalue weighted by molar-refractivity contribution is -0.384. The predicted octanol–water partition coefficient (Wildman–Crippen LogP) is 2.02. The third kappa shape index (κ3) is 3.13. The average Bonchev–Trinajstić information content (AvgIpc) is 2.14. The number of anilines is 1. The molecule has 8 heteroatoms. The van der Waals surface area contributed by atoms with Gasteiger partial charge in [0.1, 0.15) is 18.0 Å². The van der Waals surface area contributed by atoms with Crippen LogP contribution >= 0.6 is 15.9 Å². The van der Waals surface area contributed by atoms with Crippen molar-refractivity contribution < 1.29 is 19.2 Å². The Morgan fingerprint density at radius 3 is 2.71 bits per heavy atom. The van der Waals surface area contributed by atoms with Crippen molar-refractivity contribution in [2.45, 2.75) is 0 Å². The minimum atomic E-state index is -1.14. The number of aliphatic carboxylic acids is 1. The van der Waals surface area contributed by atoms with Crippen molar-refractivity contribution >= 4 is 33.3 Å². The molecular weight excluding hydrogens is 299 g/mol. The van der Waals surface area contributed by atoms with E-state index in [2.05, 4.69) is 15.9 Å². The van der Waals surface area contributed by atoms with Crippen molar-refractivity contribution in [1.29, 1.82) is 0 Å². The molecule has 1 aromatic carbocycles. The van der Waals surface area contributed by atoms with Gasteiger partial charge in [0.25, 0.3) is 5.69 Å². The number of carboxylic acids is 1. The van der Waals surface area contributed by atoms with Gasteiger partial charge >= 0.3 is 5.97 Å². The fourth-order valence-electron chi connectivity index (χ4n) is 1.35. The zero-order valence-electron chi connectivity index (χ0n) is 8.68. The van der Waals surface area contributed by atoms with E-state index in [0.29, 0.717) is 0 Å². The Morgan fingerprint density at radius 1 is 1.65 bits per heavy atom. The van der Waals surface area contributed by atoms with Gasteiger partial charge < -0.3 is 10.0 Å². The third-order valence-corrected chi connectivity index (χ3v) is 2.56. The van der Waals surface area contributed by atoms with Crippen molar-refractivity contribution in [1.82, 2.24) is 0 Å². The van der Waals surface area contributed by atoms with Crippen molar-refractivity contribution in [2.75, 3.05) is 18.5 Å². The van der Waals surface area contributed by atoms with Crippen LogP contribution in [0.5, 0.6) is 0 Å². The molecule has 0 fully saturated rings. The van der Waals surface area contributed by atoms with Crippen molar-refractivity contribution in [3.05, 3.63) is 32.5 Å². The van der Waals surface area contributed by atoms with Crippen LogP contribution in [0.2, 0.25) is 0 Å². The summed E-state index contributed by atoms with van der Waals surface area (Å²) in [6.07, 6.45) is 0. The molecule has 0 atom stereocenters. The van der Waals surface area contributed by atoms with E-state index in [1.807, 2.05) is 0 Å². The van der Waals surface area contributed by atoms with E-state index < -0.39 is 28.9 Å². The van der Waals surface area contributed by atoms with E-state index >= 15 is 0 Å². The summed E-state index contributed by atoms with van der Waals surface area (Å²) in [4.78, 5) is 21.7. The first-order valence-electron chi connectivity index (χ1n) is 4.39. The zero-order chi connectivity index (χ0) is 13.2. The number of carbonyl (C=O) groups is 1. The Balaban J connectivity index is 3.30. The Bertz CT molecular complexity index is 480. The van der Waals surface area contributed by atoms with Gasteiger partial charge in [0.2, 0.25) is 0 Å². The van der Waals surface area contributed by atoms with Crippen LogP contribution < -0.4 is 4.90 Å². The summed E-state index contributed by atoms with van der Waals surface area (Å²) in [5.74, 6) is -1.91. The number of likely N-dealkylation sites (N-methyl/N-ethyl adjacent to an activating group) is 1. The van der Waals surface area contributed by atoms with Crippen LogP contribution in [0.25, 0.3) is 0 Å². The molecule has 1 rings (SSSR count). The minimum absolute atomic E-state index is 0.0267. The molecule has 0 saturated carbocycles. The largest absolute Gasteiger partial charge is 0.480 e. The molecule has 0 aliphatic carbocycles. The Labute approximate surface area is 104 Å². The molecule has 0 unspecified atom stereocenters. The summed E-state index contributed by atoms with van der Waals surface area (Å²) in [6.45, 7) is -0.426. The smallest absolute Gasteiger partial charge is 0.323 e. The third-order valence-electron chi connectivity index (χ3n) is 1.96. The van der Waals surface area contributed by atoms with Crippen LogP contribution in [-0.2, 0) is 4.79 Å². The number of nitrogens with zero attached hydrogens (tertiary/aromatic N) is 2. The molecule has 0 bridgehead atoms. The van der Waals surface area contributed by atoms with Gasteiger partial charge in [-0.25, -0.2) is 4.39 Å². The van der Waals surface area contributed by atoms with Crippen LogP contribution in [0.4, 0.5) is 15.8 Å². The first-order chi connectivity index (χ1) is 7.82. The number of benzene rings is 1. The molecule has 0 amide bonds. The first-order valence-corrected chi connectivity index (χ1v) is 5.18. The predicted molar refractivity (Wildman–Crippen MR) is 61.7 cm³/mol. The summed E-state index contributed by atoms with van der Waals surface area (Å²) in [5, 5.41) is 19.4. The second-order valence-electron chi connectivity index (χ2n) is 3.26. The van der Waals surface area contributed by atoms with E-state index in [-0.39, 0.29) is 10.2 Å². The lowest BCUT2D eigenvalue weighted by Crippen LogP contribution is -2.26. The Morgan fingerprint density at radius 2 is 2.24 bits per heavy atom. The summed E-state index contributed by atoms with van der Waals surface area (Å²) < 4.78 is 13.2. The molecule has 6 nitrogen and oxygen atoms in total. The number of nitro groups is 1. The van der Waals surface area contributed by atoms with Crippen LogP contribution in [0.15, 0.2) is 16.6 Å². The first kappa shape index (κ1) is 13.4. The minimum Gasteiger partial charge on any atom is -0.480 e. The highest BCUT2D eigenvalue weighted by Crippen LogP contribution is 2.35. The van der Waals surface area contributed by atoms with Crippen molar-refractivity contribution in [2.24, 2.45) is 0 Å². The highest BCUT2D eigenvalue weighted by Gasteiger charge is 2.23. The lowest BCUT2D eigenvalue weighted by atomic mass is 10.2. The molecule has 0 aliphatic rings. The fourth-order valence-corrected chi connectivity index (χ4v) is 2.08. The highest BCUT2D eigenvalue weighted by atomic mass is 79.9. The fraction of sp³-hybridized carbons (Fsp3) is 0.222. The zero-order valence-corrected chi connectivity index (χ0v) is 10.3. The van der Waals surface area contributed by atoms with Gasteiger partial charge in [-0.05, 0) is 22.0 Å². The summed E-state index contributed by atoms with van der Waals surface area (Å²) in [7, 11) is 1.37. The topological polar surface area (TPSA) is 83.7 Å². The van der Waals surface area contributed by atoms with Crippen LogP contribution in [0.3, 0.4) is 0 Å². The second kappa shape index (κ2) is 5.09. The monoisotopic (exact) mass is 306 g/mol. The molecule has 0 radical (unpaired) electrons. The summed E-state index contributed by atoms with van der Waals surface area (Å²) in [5.41, 5.74) is -0.459. The van der Waals surface area contributed by atoms with Crippen molar-refractivity contribution in [3.63, 3.8) is 0 Å². The number of halogens is 2. The van der Waals surface area contributed by atoms with E-state index in [9.17, 15) is 19.3 Å². The van der Waals surface area contributed by atoms with Gasteiger partial charge in [-0.3, -0.25) is 14.9 Å². The second-order valence-corrected chi connectivity index (χ2v) is 4.12. The van der Waals surface area contributed by atoms with Crippen LogP contribution in [0, 0.1) is 15.9 Å². The Kier molecular flexibility index (Phi) is 4.00. The van der Waals surface area contributed by atoms with Gasteiger partial charge in [0, 0.05) is 7.05 Å². The van der Waals surface area contributed by atoms with Gasteiger partial charge in [-0.2, -0.15) is 0 Å². The number of hydrogen-bond donors (Lipinski definition) is 1. The maximum Gasteiger partial charge on any atom is 0.323 e. The molecule has 0 heterocycles. The molecule has 0 spiro atoms. The number of rotatable bonds is 4. The quantitative estimate of drug-likeness (QED) is 0.679. The number of carboxylic acid groups (broad SMARTS) is 1. The SMILES string of the molecule is CN(CC(=O)O)c1c(Br)cc(F)cc1[N+](=O)[O-]. The lowest BCUT2D eigenvalue weighted by Gasteiger charge is -2.18. The van der Waals surface area contributed by atoms with Gasteiger partial charge in [0.15, 0.2) is 0 Å². The van der Waals surface area contributed by atoms with E-state index in [1.54, 1.807) is 0 Å². The summed E-state index contributed by atoms with van der Waals surface area (Å²) in [6, 6.07) is 1.79. The highest BCUT2D eigenvalue weighted by molar-refractivity contribution is 9.10. The van der Waals surface area contributed by atoms with E-state index in [1.165, 1.54) is 7.05 Å². The van der Waals surface area contributed by atoms with Gasteiger partial charge in [-0.15, -0.1) is 0 Å². The molecule has 17 heavy (non-hydrogen) atoms. The standard InChI is InChI=1S/C9H8BrFN2O4/c1-12(4-8(14)15)9-6(10)2-5(11)3-7(9)13(16)17/h2-3H,4H2,1H3,(H,14,15). The Hall–Kier alpha value is -1.70. The van der Waals surface area contributed by atoms with Gasteiger partial charge in [-0.1, -0.05) is 0 Å². The molecular formula is C9H8BrFN2O4. The number of hydrogen-bond acceptors (Lipinski definition) is 4.